The van der Waals surface area contributed by atoms with Crippen LogP contribution in [0.3, 0.4) is 0 Å². The highest BCUT2D eigenvalue weighted by atomic mass is 32.2. The number of hydrogen-bond donors (Lipinski definition) is 2. The molecule has 3 aliphatic rings. The van der Waals surface area contributed by atoms with Gasteiger partial charge >= 0.3 is 6.09 Å². The Morgan fingerprint density at radius 3 is 2.41 bits per heavy atom. The largest absolute Gasteiger partial charge is 0.444 e. The lowest BCUT2D eigenvalue weighted by Crippen LogP contribution is -2.51. The Hall–Kier alpha value is -2.94. The molecule has 2 aromatic rings. The van der Waals surface area contributed by atoms with Crippen LogP contribution in [-0.2, 0) is 31.0 Å². The summed E-state index contributed by atoms with van der Waals surface area (Å²) in [7, 11) is -7.51. The average molecular weight is 614 g/mol. The maximum Gasteiger partial charge on any atom is 0.407 e. The van der Waals surface area contributed by atoms with Gasteiger partial charge in [0.2, 0.25) is 19.9 Å². The highest BCUT2D eigenvalue weighted by Gasteiger charge is 2.47. The summed E-state index contributed by atoms with van der Waals surface area (Å²) in [6, 6.07) is 6.52. The van der Waals surface area contributed by atoms with E-state index in [9.17, 15) is 34.8 Å². The van der Waals surface area contributed by atoms with Crippen LogP contribution in [0.1, 0.15) is 36.8 Å². The highest BCUT2D eigenvalue weighted by Crippen LogP contribution is 2.42. The lowest BCUT2D eigenvalue weighted by atomic mass is 9.83. The van der Waals surface area contributed by atoms with Gasteiger partial charge in [-0.15, -0.1) is 0 Å². The summed E-state index contributed by atoms with van der Waals surface area (Å²) in [6.45, 7) is -0.719. The zero-order valence-corrected chi connectivity index (χ0v) is 23.6. The van der Waals surface area contributed by atoms with E-state index in [1.165, 1.54) is 16.4 Å². The van der Waals surface area contributed by atoms with Gasteiger partial charge in [0.15, 0.2) is 11.6 Å². The molecule has 2 fully saturated rings. The minimum atomic E-state index is -3.76. The number of benzene rings is 2. The third kappa shape index (κ3) is 6.01. The molecule has 2 aromatic carbocycles. The monoisotopic (exact) mass is 613 g/mol. The third-order valence-electron chi connectivity index (χ3n) is 8.02. The van der Waals surface area contributed by atoms with E-state index < -0.39 is 56.1 Å². The number of carbonyl (C=O) groups excluding carboxylic acids is 1. The SMILES string of the molecule is NC(Cc1cc(F)c(F)cc1F)C1C[C@H]2CC[C@@H](C1)N2S(=O)(=O)CCNC(=O)OCC1=Cc2ccccc2S1(=O)=O. The van der Waals surface area contributed by atoms with E-state index in [4.69, 9.17) is 10.5 Å². The maximum atomic E-state index is 14.1. The van der Waals surface area contributed by atoms with Crippen molar-refractivity contribution in [3.05, 3.63) is 69.9 Å². The summed E-state index contributed by atoms with van der Waals surface area (Å²) < 4.78 is 99.0. The fourth-order valence-corrected chi connectivity index (χ4v) is 9.39. The molecule has 4 atom stereocenters. The van der Waals surface area contributed by atoms with Gasteiger partial charge in [0.05, 0.1) is 15.6 Å². The van der Waals surface area contributed by atoms with E-state index in [0.29, 0.717) is 37.3 Å². The Bertz CT molecular complexity index is 1590. The quantitative estimate of drug-likeness (QED) is 0.415. The van der Waals surface area contributed by atoms with Crippen molar-refractivity contribution in [1.82, 2.24) is 9.62 Å². The average Bonchev–Trinajstić information content (AvgIpc) is 3.35. The first-order chi connectivity index (χ1) is 19.4. The number of alkyl carbamates (subject to hydrolysis) is 1. The van der Waals surface area contributed by atoms with Gasteiger partial charge < -0.3 is 15.8 Å². The first kappa shape index (κ1) is 29.5. The first-order valence-corrected chi connectivity index (χ1v) is 16.3. The van der Waals surface area contributed by atoms with E-state index in [2.05, 4.69) is 5.32 Å². The first-order valence-electron chi connectivity index (χ1n) is 13.2. The number of rotatable bonds is 9. The number of nitrogens with two attached hydrogens (primary N) is 1. The number of nitrogens with zero attached hydrogens (tertiary/aromatic N) is 1. The Morgan fingerprint density at radius 2 is 1.73 bits per heavy atom. The van der Waals surface area contributed by atoms with Crippen LogP contribution >= 0.6 is 0 Å². The second kappa shape index (κ2) is 11.4. The van der Waals surface area contributed by atoms with Crippen molar-refractivity contribution in [3.8, 4) is 0 Å². The number of carbonyl (C=O) groups is 1. The van der Waals surface area contributed by atoms with Crippen molar-refractivity contribution in [3.63, 3.8) is 0 Å². The van der Waals surface area contributed by atoms with Gasteiger partial charge in [-0.3, -0.25) is 0 Å². The molecule has 0 aliphatic carbocycles. The van der Waals surface area contributed by atoms with Crippen LogP contribution in [-0.4, -0.2) is 64.3 Å². The van der Waals surface area contributed by atoms with E-state index in [0.717, 1.165) is 6.07 Å². The lowest BCUT2D eigenvalue weighted by molar-refractivity contribution is 0.158. The summed E-state index contributed by atoms with van der Waals surface area (Å²) in [5.41, 5.74) is 6.80. The molecular weight excluding hydrogens is 583 g/mol. The van der Waals surface area contributed by atoms with Crippen molar-refractivity contribution in [1.29, 1.82) is 0 Å². The molecule has 0 aromatic heterocycles. The summed E-state index contributed by atoms with van der Waals surface area (Å²) in [4.78, 5) is 12.2. The van der Waals surface area contributed by atoms with Crippen LogP contribution in [0.4, 0.5) is 18.0 Å². The van der Waals surface area contributed by atoms with E-state index >= 15 is 0 Å². The van der Waals surface area contributed by atoms with Gasteiger partial charge in [0.25, 0.3) is 0 Å². The van der Waals surface area contributed by atoms with E-state index in [1.54, 1.807) is 18.2 Å². The van der Waals surface area contributed by atoms with Crippen molar-refractivity contribution >= 4 is 32.0 Å². The summed E-state index contributed by atoms with van der Waals surface area (Å²) >= 11 is 0. The molecular formula is C27H30F3N3O6S2. The highest BCUT2D eigenvalue weighted by molar-refractivity contribution is 7.95. The number of fused-ring (bicyclic) bond motifs is 3. The third-order valence-corrected chi connectivity index (χ3v) is 11.9. The Balaban J connectivity index is 1.11. The molecule has 9 nitrogen and oxygen atoms in total. The van der Waals surface area contributed by atoms with Crippen LogP contribution in [0.25, 0.3) is 6.08 Å². The van der Waals surface area contributed by atoms with Gasteiger partial charge in [0, 0.05) is 30.7 Å². The number of hydrogen-bond acceptors (Lipinski definition) is 7. The molecule has 3 aliphatic heterocycles. The smallest absolute Gasteiger partial charge is 0.407 e. The Morgan fingerprint density at radius 1 is 1.07 bits per heavy atom. The molecule has 2 bridgehead atoms. The number of sulfonamides is 1. The standard InChI is InChI=1S/C27H30F3N3O6S2/c28-22-14-24(30)23(29)12-17(22)13-25(31)18-9-19-5-6-20(10-18)33(19)40(35,36)8-7-32-27(34)39-15-21-11-16-3-1-2-4-26(16)41(21,37)38/h1-4,11-12,14,18-20,25H,5-10,13,15,31H2,(H,32,34)/t18?,19-,20+,25?. The van der Waals surface area contributed by atoms with Gasteiger partial charge in [-0.1, -0.05) is 18.2 Å². The zero-order valence-electron chi connectivity index (χ0n) is 21.9. The molecule has 0 saturated carbocycles. The number of amides is 1. The Labute approximate surface area is 236 Å². The molecule has 2 saturated heterocycles. The normalized spacial score (nSPS) is 24.0. The van der Waals surface area contributed by atoms with Crippen molar-refractivity contribution in [2.24, 2.45) is 11.7 Å². The summed E-state index contributed by atoms with van der Waals surface area (Å²) in [5.74, 6) is -3.81. The molecule has 3 heterocycles. The predicted octanol–water partition coefficient (Wildman–Crippen LogP) is 3.10. The number of piperidine rings is 1. The molecule has 14 heteroatoms. The number of nitrogens with one attached hydrogen (secondary N) is 1. The van der Waals surface area contributed by atoms with Crippen LogP contribution < -0.4 is 11.1 Å². The topological polar surface area (TPSA) is 136 Å². The fraction of sp³-hybridized carbons (Fsp3) is 0.444. The van der Waals surface area contributed by atoms with Crippen LogP contribution in [0.5, 0.6) is 0 Å². The molecule has 2 unspecified atom stereocenters. The molecule has 1 amide bonds. The molecule has 0 radical (unpaired) electrons. The van der Waals surface area contributed by atoms with Crippen molar-refractivity contribution in [2.45, 2.75) is 55.1 Å². The zero-order chi connectivity index (χ0) is 29.5. The van der Waals surface area contributed by atoms with Gasteiger partial charge in [-0.2, -0.15) is 4.31 Å². The lowest BCUT2D eigenvalue weighted by Gasteiger charge is -2.40. The number of halogens is 3. The van der Waals surface area contributed by atoms with Crippen molar-refractivity contribution in [2.75, 3.05) is 18.9 Å². The van der Waals surface area contributed by atoms with Crippen LogP contribution in [0, 0.1) is 23.4 Å². The van der Waals surface area contributed by atoms with E-state index in [1.807, 2.05) is 0 Å². The van der Waals surface area contributed by atoms with Crippen LogP contribution in [0.2, 0.25) is 0 Å². The molecule has 3 N–H and O–H groups in total. The molecule has 0 spiro atoms. The van der Waals surface area contributed by atoms with Gasteiger partial charge in [-0.25, -0.2) is 34.8 Å². The van der Waals surface area contributed by atoms with E-state index in [-0.39, 0.29) is 52.1 Å². The summed E-state index contributed by atoms with van der Waals surface area (Å²) in [5, 5.41) is 2.37. The maximum absolute atomic E-state index is 14.1. The van der Waals surface area contributed by atoms with Crippen LogP contribution in [0.15, 0.2) is 46.2 Å². The predicted molar refractivity (Wildman–Crippen MR) is 144 cm³/mol. The minimum absolute atomic E-state index is 0.00376. The molecule has 5 rings (SSSR count). The number of ether oxygens (including phenoxy) is 1. The number of sulfone groups is 1. The van der Waals surface area contributed by atoms with Crippen molar-refractivity contribution < 1.29 is 39.5 Å². The minimum Gasteiger partial charge on any atom is -0.444 e. The second-order valence-corrected chi connectivity index (χ2v) is 14.6. The molecule has 41 heavy (non-hydrogen) atoms. The fourth-order valence-electron chi connectivity index (χ4n) is 6.05. The Kier molecular flexibility index (Phi) is 8.21. The van der Waals surface area contributed by atoms with Gasteiger partial charge in [-0.05, 0) is 67.4 Å². The summed E-state index contributed by atoms with van der Waals surface area (Å²) in [6.07, 6.45) is 2.65. The second-order valence-electron chi connectivity index (χ2n) is 10.6. The molecule has 222 valence electrons. The van der Waals surface area contributed by atoms with Gasteiger partial charge in [0.1, 0.15) is 12.4 Å².